The first-order chi connectivity index (χ1) is 7.71. The van der Waals surface area contributed by atoms with E-state index in [2.05, 4.69) is 26.1 Å². The maximum absolute atomic E-state index is 5.98. The summed E-state index contributed by atoms with van der Waals surface area (Å²) >= 11 is 0. The lowest BCUT2D eigenvalue weighted by Gasteiger charge is -2.43. The molecule has 0 aliphatic carbocycles. The van der Waals surface area contributed by atoms with Crippen LogP contribution in [0.4, 0.5) is 0 Å². The summed E-state index contributed by atoms with van der Waals surface area (Å²) in [6.45, 7) is 7.34. The standard InChI is InChI=1S/C13H21NO2/c1-4-13(5-2)9-16-12(10(3)14-13)11-7-6-8-15-11/h6-8,10,12,14H,4-5,9H2,1-3H3. The zero-order valence-corrected chi connectivity index (χ0v) is 10.3. The quantitative estimate of drug-likeness (QED) is 0.855. The first kappa shape index (κ1) is 11.7. The maximum Gasteiger partial charge on any atom is 0.134 e. The summed E-state index contributed by atoms with van der Waals surface area (Å²) < 4.78 is 11.4. The van der Waals surface area contributed by atoms with Crippen LogP contribution in [0.2, 0.25) is 0 Å². The minimum absolute atomic E-state index is 0.0428. The Bertz CT molecular complexity index is 317. The highest BCUT2D eigenvalue weighted by Gasteiger charge is 2.38. The van der Waals surface area contributed by atoms with Crippen molar-refractivity contribution < 1.29 is 9.15 Å². The van der Waals surface area contributed by atoms with Crippen molar-refractivity contribution in [1.29, 1.82) is 0 Å². The summed E-state index contributed by atoms with van der Waals surface area (Å²) in [5.74, 6) is 0.917. The smallest absolute Gasteiger partial charge is 0.134 e. The molecule has 0 radical (unpaired) electrons. The van der Waals surface area contributed by atoms with Gasteiger partial charge in [-0.25, -0.2) is 0 Å². The van der Waals surface area contributed by atoms with Crippen LogP contribution in [0.5, 0.6) is 0 Å². The van der Waals surface area contributed by atoms with Gasteiger partial charge in [0.15, 0.2) is 0 Å². The fourth-order valence-corrected chi connectivity index (χ4v) is 2.43. The molecule has 3 heteroatoms. The molecule has 1 N–H and O–H groups in total. The van der Waals surface area contributed by atoms with Gasteiger partial charge in [0.1, 0.15) is 11.9 Å². The predicted octanol–water partition coefficient (Wildman–Crippen LogP) is 2.89. The molecule has 90 valence electrons. The molecule has 0 spiro atoms. The van der Waals surface area contributed by atoms with E-state index in [0.717, 1.165) is 25.2 Å². The van der Waals surface area contributed by atoms with Gasteiger partial charge in [-0.05, 0) is 31.9 Å². The first-order valence-electron chi connectivity index (χ1n) is 6.13. The highest BCUT2D eigenvalue weighted by molar-refractivity contribution is 5.08. The van der Waals surface area contributed by atoms with Crippen molar-refractivity contribution in [3.63, 3.8) is 0 Å². The van der Waals surface area contributed by atoms with E-state index in [1.807, 2.05) is 12.1 Å². The number of hydrogen-bond donors (Lipinski definition) is 1. The second-order valence-corrected chi connectivity index (χ2v) is 4.67. The third-order valence-electron chi connectivity index (χ3n) is 3.70. The van der Waals surface area contributed by atoms with E-state index in [1.165, 1.54) is 0 Å². The van der Waals surface area contributed by atoms with E-state index in [-0.39, 0.29) is 11.6 Å². The van der Waals surface area contributed by atoms with Crippen molar-refractivity contribution in [3.8, 4) is 0 Å². The molecule has 16 heavy (non-hydrogen) atoms. The molecule has 2 unspecified atom stereocenters. The molecule has 0 bridgehead atoms. The Balaban J connectivity index is 2.08. The lowest BCUT2D eigenvalue weighted by atomic mass is 9.89. The second kappa shape index (κ2) is 4.60. The van der Waals surface area contributed by atoms with E-state index in [1.54, 1.807) is 6.26 Å². The van der Waals surface area contributed by atoms with Gasteiger partial charge in [0.05, 0.1) is 12.9 Å². The van der Waals surface area contributed by atoms with Crippen LogP contribution in [0.3, 0.4) is 0 Å². The molecule has 1 fully saturated rings. The maximum atomic E-state index is 5.98. The summed E-state index contributed by atoms with van der Waals surface area (Å²) in [5.41, 5.74) is 0.141. The summed E-state index contributed by atoms with van der Waals surface area (Å²) in [6.07, 6.45) is 3.94. The molecule has 3 nitrogen and oxygen atoms in total. The Morgan fingerprint density at radius 2 is 2.19 bits per heavy atom. The molecule has 1 aliphatic heterocycles. The van der Waals surface area contributed by atoms with Crippen LogP contribution >= 0.6 is 0 Å². The molecule has 2 heterocycles. The van der Waals surface area contributed by atoms with Crippen LogP contribution in [0, 0.1) is 0 Å². The summed E-state index contributed by atoms with van der Waals surface area (Å²) in [7, 11) is 0. The molecule has 1 saturated heterocycles. The van der Waals surface area contributed by atoms with Gasteiger partial charge in [0.25, 0.3) is 0 Å². The monoisotopic (exact) mass is 223 g/mol. The van der Waals surface area contributed by atoms with Gasteiger partial charge in [-0.15, -0.1) is 0 Å². The lowest BCUT2D eigenvalue weighted by molar-refractivity contribution is -0.0718. The van der Waals surface area contributed by atoms with Crippen LogP contribution in [0.1, 0.15) is 45.5 Å². The van der Waals surface area contributed by atoms with E-state index < -0.39 is 0 Å². The number of furan rings is 1. The molecule has 0 saturated carbocycles. The number of nitrogens with one attached hydrogen (secondary N) is 1. The Labute approximate surface area is 97.2 Å². The Morgan fingerprint density at radius 3 is 2.69 bits per heavy atom. The van der Waals surface area contributed by atoms with Crippen LogP contribution in [0.25, 0.3) is 0 Å². The average molecular weight is 223 g/mol. The van der Waals surface area contributed by atoms with Gasteiger partial charge < -0.3 is 14.5 Å². The van der Waals surface area contributed by atoms with Crippen LogP contribution in [0.15, 0.2) is 22.8 Å². The predicted molar refractivity (Wildman–Crippen MR) is 63.3 cm³/mol. The minimum atomic E-state index is 0.0428. The van der Waals surface area contributed by atoms with Gasteiger partial charge in [0, 0.05) is 11.6 Å². The number of ether oxygens (including phenoxy) is 1. The van der Waals surface area contributed by atoms with E-state index in [0.29, 0.717) is 6.04 Å². The zero-order chi connectivity index (χ0) is 11.6. The van der Waals surface area contributed by atoms with Crippen molar-refractivity contribution >= 4 is 0 Å². The van der Waals surface area contributed by atoms with E-state index >= 15 is 0 Å². The van der Waals surface area contributed by atoms with E-state index in [4.69, 9.17) is 9.15 Å². The topological polar surface area (TPSA) is 34.4 Å². The fourth-order valence-electron chi connectivity index (χ4n) is 2.43. The van der Waals surface area contributed by atoms with Gasteiger partial charge in [-0.3, -0.25) is 0 Å². The summed E-state index contributed by atoms with van der Waals surface area (Å²) in [4.78, 5) is 0. The molecule has 1 aromatic heterocycles. The van der Waals surface area contributed by atoms with Gasteiger partial charge in [-0.2, -0.15) is 0 Å². The number of morpholine rings is 1. The van der Waals surface area contributed by atoms with Gasteiger partial charge in [0.2, 0.25) is 0 Å². The molecular weight excluding hydrogens is 202 g/mol. The zero-order valence-electron chi connectivity index (χ0n) is 10.3. The molecular formula is C13H21NO2. The summed E-state index contributed by atoms with van der Waals surface area (Å²) in [5, 5.41) is 3.68. The van der Waals surface area contributed by atoms with Gasteiger partial charge >= 0.3 is 0 Å². The number of rotatable bonds is 3. The minimum Gasteiger partial charge on any atom is -0.467 e. The molecule has 1 aliphatic rings. The van der Waals surface area contributed by atoms with Crippen molar-refractivity contribution in [2.24, 2.45) is 0 Å². The fraction of sp³-hybridized carbons (Fsp3) is 0.692. The Kier molecular flexibility index (Phi) is 3.36. The molecule has 0 amide bonds. The number of hydrogen-bond acceptors (Lipinski definition) is 3. The van der Waals surface area contributed by atoms with Crippen molar-refractivity contribution in [1.82, 2.24) is 5.32 Å². The second-order valence-electron chi connectivity index (χ2n) is 4.67. The van der Waals surface area contributed by atoms with Gasteiger partial charge in [-0.1, -0.05) is 13.8 Å². The third-order valence-corrected chi connectivity index (χ3v) is 3.70. The largest absolute Gasteiger partial charge is 0.467 e. The lowest BCUT2D eigenvalue weighted by Crippen LogP contribution is -2.58. The van der Waals surface area contributed by atoms with Crippen LogP contribution in [-0.2, 0) is 4.74 Å². The molecule has 1 aromatic rings. The third kappa shape index (κ3) is 2.02. The SMILES string of the molecule is CCC1(CC)COC(c2ccco2)C(C)N1. The Morgan fingerprint density at radius 1 is 1.44 bits per heavy atom. The molecule has 0 aromatic carbocycles. The summed E-state index contributed by atoms with van der Waals surface area (Å²) in [6, 6.07) is 4.18. The molecule has 2 atom stereocenters. The van der Waals surface area contributed by atoms with Crippen molar-refractivity contribution in [2.45, 2.75) is 51.3 Å². The first-order valence-corrected chi connectivity index (χ1v) is 6.13. The Hall–Kier alpha value is -0.800. The highest BCUT2D eigenvalue weighted by Crippen LogP contribution is 2.31. The highest BCUT2D eigenvalue weighted by atomic mass is 16.5. The average Bonchev–Trinajstić information content (AvgIpc) is 2.82. The van der Waals surface area contributed by atoms with Crippen molar-refractivity contribution in [2.75, 3.05) is 6.61 Å². The molecule has 2 rings (SSSR count). The van der Waals surface area contributed by atoms with Crippen LogP contribution < -0.4 is 5.32 Å². The van der Waals surface area contributed by atoms with E-state index in [9.17, 15) is 0 Å². The normalized spacial score (nSPS) is 29.2. The van der Waals surface area contributed by atoms with Crippen molar-refractivity contribution in [3.05, 3.63) is 24.2 Å². The van der Waals surface area contributed by atoms with Crippen LogP contribution in [-0.4, -0.2) is 18.2 Å².